The van der Waals surface area contributed by atoms with E-state index in [1.54, 1.807) is 0 Å². The van der Waals surface area contributed by atoms with Crippen molar-refractivity contribution in [3.63, 3.8) is 0 Å². The molecule has 0 aliphatic carbocycles. The van der Waals surface area contributed by atoms with Gasteiger partial charge in [-0.3, -0.25) is 4.79 Å². The molecular formula is C15H24N2O. The van der Waals surface area contributed by atoms with Crippen LogP contribution >= 0.6 is 0 Å². The van der Waals surface area contributed by atoms with E-state index in [0.717, 1.165) is 12.1 Å². The SMILES string of the molecule is CCC(C)NC(=O)CNc1ccc(C(C)C)cc1. The summed E-state index contributed by atoms with van der Waals surface area (Å²) in [5, 5.41) is 6.06. The van der Waals surface area contributed by atoms with Crippen LogP contribution < -0.4 is 10.6 Å². The van der Waals surface area contributed by atoms with Gasteiger partial charge in [0.25, 0.3) is 0 Å². The van der Waals surface area contributed by atoms with E-state index >= 15 is 0 Å². The highest BCUT2D eigenvalue weighted by molar-refractivity contribution is 5.80. The molecule has 3 heteroatoms. The molecule has 0 aromatic heterocycles. The summed E-state index contributed by atoms with van der Waals surface area (Å²) in [6, 6.07) is 8.47. The van der Waals surface area contributed by atoms with Crippen molar-refractivity contribution in [1.82, 2.24) is 5.32 Å². The van der Waals surface area contributed by atoms with E-state index in [1.165, 1.54) is 5.56 Å². The monoisotopic (exact) mass is 248 g/mol. The third-order valence-corrected chi connectivity index (χ3v) is 3.05. The van der Waals surface area contributed by atoms with E-state index in [4.69, 9.17) is 0 Å². The molecule has 0 saturated carbocycles. The average Bonchev–Trinajstić information content (AvgIpc) is 2.36. The molecule has 18 heavy (non-hydrogen) atoms. The minimum atomic E-state index is 0.0392. The molecule has 0 bridgehead atoms. The number of nitrogens with one attached hydrogen (secondary N) is 2. The second-order valence-electron chi connectivity index (χ2n) is 5.01. The summed E-state index contributed by atoms with van der Waals surface area (Å²) in [7, 11) is 0. The highest BCUT2D eigenvalue weighted by Crippen LogP contribution is 2.16. The molecule has 0 saturated heterocycles. The summed E-state index contributed by atoms with van der Waals surface area (Å²) in [5.74, 6) is 0.574. The van der Waals surface area contributed by atoms with Crippen LogP contribution in [0.1, 0.15) is 45.6 Å². The van der Waals surface area contributed by atoms with Gasteiger partial charge in [0.2, 0.25) is 5.91 Å². The lowest BCUT2D eigenvalue weighted by molar-refractivity contribution is -0.120. The maximum atomic E-state index is 11.6. The van der Waals surface area contributed by atoms with Crippen molar-refractivity contribution in [2.24, 2.45) is 0 Å². The first-order valence-corrected chi connectivity index (χ1v) is 6.66. The normalized spacial score (nSPS) is 12.3. The van der Waals surface area contributed by atoms with Crippen molar-refractivity contribution < 1.29 is 4.79 Å². The fourth-order valence-corrected chi connectivity index (χ4v) is 1.60. The highest BCUT2D eigenvalue weighted by Gasteiger charge is 2.05. The van der Waals surface area contributed by atoms with E-state index in [9.17, 15) is 4.79 Å². The van der Waals surface area contributed by atoms with Gasteiger partial charge in [-0.05, 0) is 37.0 Å². The molecule has 0 heterocycles. The predicted octanol–water partition coefficient (Wildman–Crippen LogP) is 3.14. The Labute approximate surface area is 110 Å². The Hall–Kier alpha value is -1.51. The van der Waals surface area contributed by atoms with Gasteiger partial charge in [0.1, 0.15) is 0 Å². The molecule has 0 spiro atoms. The molecule has 100 valence electrons. The lowest BCUT2D eigenvalue weighted by atomic mass is 10.0. The molecule has 1 unspecified atom stereocenters. The largest absolute Gasteiger partial charge is 0.376 e. The van der Waals surface area contributed by atoms with Gasteiger partial charge in [-0.1, -0.05) is 32.9 Å². The minimum Gasteiger partial charge on any atom is -0.376 e. The Kier molecular flexibility index (Phi) is 5.69. The third kappa shape index (κ3) is 4.78. The minimum absolute atomic E-state index is 0.0392. The summed E-state index contributed by atoms with van der Waals surface area (Å²) in [5.41, 5.74) is 2.29. The summed E-state index contributed by atoms with van der Waals surface area (Å²) in [6.07, 6.45) is 0.953. The van der Waals surface area contributed by atoms with E-state index in [1.807, 2.05) is 19.1 Å². The quantitative estimate of drug-likeness (QED) is 0.812. The van der Waals surface area contributed by atoms with E-state index in [-0.39, 0.29) is 11.9 Å². The van der Waals surface area contributed by atoms with Gasteiger partial charge in [-0.25, -0.2) is 0 Å². The maximum Gasteiger partial charge on any atom is 0.239 e. The first-order valence-electron chi connectivity index (χ1n) is 6.66. The third-order valence-electron chi connectivity index (χ3n) is 3.05. The summed E-state index contributed by atoms with van der Waals surface area (Å²) >= 11 is 0. The maximum absolute atomic E-state index is 11.6. The average molecular weight is 248 g/mol. The topological polar surface area (TPSA) is 41.1 Å². The Morgan fingerprint density at radius 1 is 1.17 bits per heavy atom. The number of benzene rings is 1. The summed E-state index contributed by atoms with van der Waals surface area (Å²) in [6.45, 7) is 8.73. The Morgan fingerprint density at radius 2 is 1.78 bits per heavy atom. The fraction of sp³-hybridized carbons (Fsp3) is 0.533. The van der Waals surface area contributed by atoms with Crippen LogP contribution in [0.4, 0.5) is 5.69 Å². The predicted molar refractivity (Wildman–Crippen MR) is 76.9 cm³/mol. The molecule has 1 atom stereocenters. The van der Waals surface area contributed by atoms with Crippen LogP contribution in [0.3, 0.4) is 0 Å². The molecule has 1 aromatic rings. The van der Waals surface area contributed by atoms with Crippen molar-refractivity contribution >= 4 is 11.6 Å². The molecule has 0 fully saturated rings. The van der Waals surface area contributed by atoms with E-state index in [0.29, 0.717) is 12.5 Å². The Morgan fingerprint density at radius 3 is 2.28 bits per heavy atom. The first kappa shape index (κ1) is 14.6. The van der Waals surface area contributed by atoms with Gasteiger partial charge >= 0.3 is 0 Å². The molecule has 0 radical (unpaired) electrons. The van der Waals surface area contributed by atoms with E-state index in [2.05, 4.69) is 43.5 Å². The van der Waals surface area contributed by atoms with Crippen LogP contribution in [0.25, 0.3) is 0 Å². The van der Waals surface area contributed by atoms with Gasteiger partial charge in [0, 0.05) is 11.7 Å². The van der Waals surface area contributed by atoms with Crippen molar-refractivity contribution in [2.45, 2.75) is 46.1 Å². The van der Waals surface area contributed by atoms with Gasteiger partial charge in [-0.2, -0.15) is 0 Å². The second-order valence-corrected chi connectivity index (χ2v) is 5.01. The molecule has 3 nitrogen and oxygen atoms in total. The molecule has 0 aliphatic heterocycles. The van der Waals surface area contributed by atoms with Gasteiger partial charge in [0.15, 0.2) is 0 Å². The van der Waals surface area contributed by atoms with Crippen LogP contribution in [0, 0.1) is 0 Å². The smallest absolute Gasteiger partial charge is 0.239 e. The van der Waals surface area contributed by atoms with Crippen LogP contribution in [0.2, 0.25) is 0 Å². The summed E-state index contributed by atoms with van der Waals surface area (Å²) in [4.78, 5) is 11.6. The zero-order valence-electron chi connectivity index (χ0n) is 11.8. The van der Waals surface area contributed by atoms with Crippen LogP contribution in [0.15, 0.2) is 24.3 Å². The second kappa shape index (κ2) is 7.04. The number of rotatable bonds is 6. The molecule has 1 rings (SSSR count). The zero-order chi connectivity index (χ0) is 13.5. The van der Waals surface area contributed by atoms with Crippen LogP contribution in [0.5, 0.6) is 0 Å². The number of amides is 1. The highest BCUT2D eigenvalue weighted by atomic mass is 16.1. The number of anilines is 1. The van der Waals surface area contributed by atoms with E-state index < -0.39 is 0 Å². The number of carbonyl (C=O) groups excluding carboxylic acids is 1. The van der Waals surface area contributed by atoms with Crippen LogP contribution in [-0.4, -0.2) is 18.5 Å². The molecule has 0 aliphatic rings. The molecule has 1 amide bonds. The first-order chi connectivity index (χ1) is 8.52. The molecule has 2 N–H and O–H groups in total. The van der Waals surface area contributed by atoms with Crippen LogP contribution in [-0.2, 0) is 4.79 Å². The van der Waals surface area contributed by atoms with Gasteiger partial charge in [-0.15, -0.1) is 0 Å². The number of hydrogen-bond acceptors (Lipinski definition) is 2. The van der Waals surface area contributed by atoms with Crippen molar-refractivity contribution in [1.29, 1.82) is 0 Å². The van der Waals surface area contributed by atoms with Crippen molar-refractivity contribution in [2.75, 3.05) is 11.9 Å². The summed E-state index contributed by atoms with van der Waals surface area (Å²) < 4.78 is 0. The van der Waals surface area contributed by atoms with Crippen molar-refractivity contribution in [3.8, 4) is 0 Å². The lowest BCUT2D eigenvalue weighted by Gasteiger charge is -2.13. The number of hydrogen-bond donors (Lipinski definition) is 2. The van der Waals surface area contributed by atoms with Crippen molar-refractivity contribution in [3.05, 3.63) is 29.8 Å². The number of carbonyl (C=O) groups is 1. The molecule has 1 aromatic carbocycles. The van der Waals surface area contributed by atoms with Gasteiger partial charge < -0.3 is 10.6 Å². The lowest BCUT2D eigenvalue weighted by Crippen LogP contribution is -2.36. The fourth-order valence-electron chi connectivity index (χ4n) is 1.60. The Bertz CT molecular complexity index is 371. The van der Waals surface area contributed by atoms with Gasteiger partial charge in [0.05, 0.1) is 6.54 Å². The zero-order valence-corrected chi connectivity index (χ0v) is 11.8. The Balaban J connectivity index is 2.41. The molecular weight excluding hydrogens is 224 g/mol. The standard InChI is InChI=1S/C15H24N2O/c1-5-12(4)17-15(18)10-16-14-8-6-13(7-9-14)11(2)3/h6-9,11-12,16H,5,10H2,1-4H3,(H,17,18).